The fourth-order valence-corrected chi connectivity index (χ4v) is 3.05. The lowest BCUT2D eigenvalue weighted by Crippen LogP contribution is -2.48. The molecular formula is C20H19BrN4O4. The number of nitrogens with one attached hydrogen (secondary N) is 2. The molecule has 2 aromatic carbocycles. The van der Waals surface area contributed by atoms with E-state index in [-0.39, 0.29) is 12.1 Å². The summed E-state index contributed by atoms with van der Waals surface area (Å²) in [5.41, 5.74) is 5.72. The zero-order valence-corrected chi connectivity index (χ0v) is 17.4. The first-order valence-corrected chi connectivity index (χ1v) is 9.60. The molecule has 3 aromatic rings. The predicted octanol–water partition coefficient (Wildman–Crippen LogP) is 2.08. The van der Waals surface area contributed by atoms with E-state index in [0.29, 0.717) is 16.7 Å². The van der Waals surface area contributed by atoms with Crippen molar-refractivity contribution in [3.8, 4) is 5.75 Å². The van der Waals surface area contributed by atoms with Gasteiger partial charge in [-0.15, -0.1) is 0 Å². The van der Waals surface area contributed by atoms with E-state index in [0.717, 1.165) is 10.0 Å². The van der Waals surface area contributed by atoms with Crippen LogP contribution in [0.4, 0.5) is 0 Å². The fraction of sp³-hybridized carbons (Fsp3) is 0.200. The molecule has 0 aliphatic heterocycles. The van der Waals surface area contributed by atoms with Crippen molar-refractivity contribution >= 4 is 38.6 Å². The van der Waals surface area contributed by atoms with Crippen LogP contribution in [0.3, 0.4) is 0 Å². The minimum absolute atomic E-state index is 0.281. The molecule has 1 atom stereocenters. The van der Waals surface area contributed by atoms with E-state index in [4.69, 9.17) is 4.74 Å². The van der Waals surface area contributed by atoms with Gasteiger partial charge in [-0.1, -0.05) is 34.1 Å². The third-order valence-electron chi connectivity index (χ3n) is 4.17. The minimum atomic E-state index is -0.836. The van der Waals surface area contributed by atoms with E-state index in [1.807, 2.05) is 19.1 Å². The van der Waals surface area contributed by atoms with Crippen LogP contribution in [-0.4, -0.2) is 27.5 Å². The number of hydrogen-bond donors (Lipinski definition) is 2. The molecule has 1 unspecified atom stereocenters. The minimum Gasteiger partial charge on any atom is -0.481 e. The SMILES string of the molecule is Cc1cccc2c(=O)n(CC(=O)NNC(=O)C(C)Oc3cccc(Br)c3)cnc12. The Bertz CT molecular complexity index is 1130. The number of para-hydroxylation sites is 1. The first-order valence-electron chi connectivity index (χ1n) is 8.81. The molecule has 29 heavy (non-hydrogen) atoms. The van der Waals surface area contributed by atoms with Gasteiger partial charge in [-0.2, -0.15) is 0 Å². The maximum Gasteiger partial charge on any atom is 0.279 e. The van der Waals surface area contributed by atoms with Gasteiger partial charge in [0.1, 0.15) is 12.3 Å². The van der Waals surface area contributed by atoms with Crippen molar-refractivity contribution in [2.75, 3.05) is 0 Å². The number of nitrogens with zero attached hydrogens (tertiary/aromatic N) is 2. The van der Waals surface area contributed by atoms with E-state index in [1.165, 1.54) is 10.9 Å². The van der Waals surface area contributed by atoms with E-state index >= 15 is 0 Å². The van der Waals surface area contributed by atoms with Crippen molar-refractivity contribution in [1.29, 1.82) is 0 Å². The zero-order chi connectivity index (χ0) is 21.0. The number of rotatable bonds is 5. The van der Waals surface area contributed by atoms with Gasteiger partial charge in [-0.05, 0) is 43.7 Å². The molecule has 1 aromatic heterocycles. The van der Waals surface area contributed by atoms with Crippen LogP contribution < -0.4 is 21.1 Å². The first-order chi connectivity index (χ1) is 13.8. The second kappa shape index (κ2) is 8.87. The molecule has 1 heterocycles. The Morgan fingerprint density at radius 2 is 1.97 bits per heavy atom. The third-order valence-corrected chi connectivity index (χ3v) is 4.67. The summed E-state index contributed by atoms with van der Waals surface area (Å²) in [4.78, 5) is 41.0. The lowest BCUT2D eigenvalue weighted by molar-refractivity contribution is -0.133. The van der Waals surface area contributed by atoms with E-state index in [9.17, 15) is 14.4 Å². The van der Waals surface area contributed by atoms with Crippen LogP contribution in [0.5, 0.6) is 5.75 Å². The molecule has 9 heteroatoms. The summed E-state index contributed by atoms with van der Waals surface area (Å²) < 4.78 is 7.53. The summed E-state index contributed by atoms with van der Waals surface area (Å²) in [6.07, 6.45) is 0.482. The average Bonchev–Trinajstić information content (AvgIpc) is 2.68. The quantitative estimate of drug-likeness (QED) is 0.569. The number of carbonyl (C=O) groups is 2. The molecule has 0 aliphatic rings. The summed E-state index contributed by atoms with van der Waals surface area (Å²) in [7, 11) is 0. The number of aromatic nitrogens is 2. The Labute approximate surface area is 175 Å². The van der Waals surface area contributed by atoms with Crippen LogP contribution in [0, 0.1) is 6.92 Å². The Kier molecular flexibility index (Phi) is 6.28. The second-order valence-electron chi connectivity index (χ2n) is 6.40. The second-order valence-corrected chi connectivity index (χ2v) is 7.32. The molecular weight excluding hydrogens is 440 g/mol. The fourth-order valence-electron chi connectivity index (χ4n) is 2.68. The zero-order valence-electron chi connectivity index (χ0n) is 15.8. The molecule has 0 spiro atoms. The monoisotopic (exact) mass is 458 g/mol. The summed E-state index contributed by atoms with van der Waals surface area (Å²) in [6.45, 7) is 3.14. The number of halogens is 1. The van der Waals surface area contributed by atoms with Crippen molar-refractivity contribution < 1.29 is 14.3 Å². The molecule has 150 valence electrons. The van der Waals surface area contributed by atoms with Crippen LogP contribution in [0.25, 0.3) is 10.9 Å². The molecule has 2 amide bonds. The Balaban J connectivity index is 1.58. The summed E-state index contributed by atoms with van der Waals surface area (Å²) >= 11 is 3.32. The van der Waals surface area contributed by atoms with Gasteiger partial charge in [-0.3, -0.25) is 29.8 Å². The molecule has 2 N–H and O–H groups in total. The molecule has 0 aliphatic carbocycles. The largest absolute Gasteiger partial charge is 0.481 e. The number of ether oxygens (including phenoxy) is 1. The Morgan fingerprint density at radius 3 is 2.72 bits per heavy atom. The van der Waals surface area contributed by atoms with Crippen molar-refractivity contribution in [3.63, 3.8) is 0 Å². The van der Waals surface area contributed by atoms with E-state index < -0.39 is 17.9 Å². The maximum absolute atomic E-state index is 12.5. The summed E-state index contributed by atoms with van der Waals surface area (Å²) in [6, 6.07) is 12.3. The number of amides is 2. The lowest BCUT2D eigenvalue weighted by Gasteiger charge is -2.15. The highest BCUT2D eigenvalue weighted by molar-refractivity contribution is 9.10. The highest BCUT2D eigenvalue weighted by Crippen LogP contribution is 2.18. The molecule has 0 fully saturated rings. The van der Waals surface area contributed by atoms with Crippen molar-refractivity contribution in [3.05, 3.63) is 69.2 Å². The van der Waals surface area contributed by atoms with Gasteiger partial charge in [0.2, 0.25) is 0 Å². The van der Waals surface area contributed by atoms with Gasteiger partial charge in [0, 0.05) is 4.47 Å². The number of aryl methyl sites for hydroxylation is 1. The van der Waals surface area contributed by atoms with E-state index in [2.05, 4.69) is 31.8 Å². The lowest BCUT2D eigenvalue weighted by atomic mass is 10.1. The van der Waals surface area contributed by atoms with Crippen LogP contribution in [0.1, 0.15) is 12.5 Å². The highest BCUT2D eigenvalue weighted by Gasteiger charge is 2.16. The molecule has 0 radical (unpaired) electrons. The maximum atomic E-state index is 12.5. The number of fused-ring (bicyclic) bond motifs is 1. The summed E-state index contributed by atoms with van der Waals surface area (Å²) in [5.74, 6) is -0.584. The van der Waals surface area contributed by atoms with Crippen LogP contribution >= 0.6 is 15.9 Å². The van der Waals surface area contributed by atoms with Crippen molar-refractivity contribution in [1.82, 2.24) is 20.4 Å². The number of carbonyl (C=O) groups excluding carboxylic acids is 2. The Hall–Kier alpha value is -3.20. The van der Waals surface area contributed by atoms with Gasteiger partial charge in [-0.25, -0.2) is 4.98 Å². The van der Waals surface area contributed by atoms with Gasteiger partial charge in [0.05, 0.1) is 17.2 Å². The smallest absolute Gasteiger partial charge is 0.279 e. The van der Waals surface area contributed by atoms with Gasteiger partial charge in [0.25, 0.3) is 17.4 Å². The van der Waals surface area contributed by atoms with Gasteiger partial charge in [0.15, 0.2) is 6.10 Å². The highest BCUT2D eigenvalue weighted by atomic mass is 79.9. The predicted molar refractivity (Wildman–Crippen MR) is 111 cm³/mol. The van der Waals surface area contributed by atoms with Crippen molar-refractivity contribution in [2.24, 2.45) is 0 Å². The van der Waals surface area contributed by atoms with Gasteiger partial charge < -0.3 is 4.74 Å². The molecule has 3 rings (SSSR count). The molecule has 0 saturated heterocycles. The normalized spacial score (nSPS) is 11.7. The molecule has 8 nitrogen and oxygen atoms in total. The Morgan fingerprint density at radius 1 is 1.21 bits per heavy atom. The number of hydrogen-bond acceptors (Lipinski definition) is 5. The number of hydrazine groups is 1. The van der Waals surface area contributed by atoms with Crippen LogP contribution in [-0.2, 0) is 16.1 Å². The summed E-state index contributed by atoms with van der Waals surface area (Å²) in [5, 5.41) is 0.431. The van der Waals surface area contributed by atoms with Crippen LogP contribution in [0.15, 0.2) is 58.1 Å². The molecule has 0 saturated carbocycles. The number of benzene rings is 2. The molecule has 0 bridgehead atoms. The first kappa shape index (κ1) is 20.5. The standard InChI is InChI=1S/C20H19BrN4O4/c1-12-5-3-8-16-18(12)22-11-25(20(16)28)10-17(26)23-24-19(27)13(2)29-15-7-4-6-14(21)9-15/h3-9,11,13H,10H2,1-2H3,(H,23,26)(H,24,27). The van der Waals surface area contributed by atoms with Crippen LogP contribution in [0.2, 0.25) is 0 Å². The van der Waals surface area contributed by atoms with Crippen molar-refractivity contribution in [2.45, 2.75) is 26.5 Å². The topological polar surface area (TPSA) is 102 Å². The van der Waals surface area contributed by atoms with Gasteiger partial charge >= 0.3 is 0 Å². The van der Waals surface area contributed by atoms with E-state index in [1.54, 1.807) is 37.3 Å². The third kappa shape index (κ3) is 5.00. The average molecular weight is 459 g/mol.